The second-order valence-corrected chi connectivity index (χ2v) is 5.88. The molecule has 90 valence electrons. The maximum absolute atomic E-state index is 12.2. The molecule has 0 aliphatic heterocycles. The average molecular weight is 239 g/mol. The molecule has 0 saturated heterocycles. The summed E-state index contributed by atoms with van der Waals surface area (Å²) >= 11 is 0. The molecule has 0 aromatic heterocycles. The van der Waals surface area contributed by atoms with Crippen molar-refractivity contribution in [1.82, 2.24) is 5.32 Å². The van der Waals surface area contributed by atoms with Gasteiger partial charge in [0.05, 0.1) is 10.8 Å². The van der Waals surface area contributed by atoms with Crippen LogP contribution in [0.25, 0.3) is 0 Å². The van der Waals surface area contributed by atoms with Crippen LogP contribution in [0.2, 0.25) is 0 Å². The van der Waals surface area contributed by atoms with Gasteiger partial charge in [0.1, 0.15) is 0 Å². The van der Waals surface area contributed by atoms with Crippen molar-refractivity contribution in [3.05, 3.63) is 29.8 Å². The molecule has 1 aromatic rings. The fourth-order valence-electron chi connectivity index (χ4n) is 1.67. The minimum atomic E-state index is -0.908. The highest BCUT2D eigenvalue weighted by atomic mass is 32.2. The molecule has 2 unspecified atom stereocenters. The largest absolute Gasteiger partial charge is 0.316 e. The number of hydrogen-bond acceptors (Lipinski definition) is 2. The molecular formula is C13H21NOS. The molecule has 0 heterocycles. The maximum atomic E-state index is 12.2. The predicted octanol–water partition coefficient (Wildman–Crippen LogP) is 2.35. The van der Waals surface area contributed by atoms with Crippen LogP contribution >= 0.6 is 0 Å². The standard InChI is InChI=1S/C13H21NOS/c1-10(2)12(14-4)9-16(15)13-8-6-5-7-11(13)3/h5-8,10,12,14H,9H2,1-4H3. The lowest BCUT2D eigenvalue weighted by Gasteiger charge is -2.19. The smallest absolute Gasteiger partial charge is 0.0548 e. The van der Waals surface area contributed by atoms with Crippen molar-refractivity contribution in [2.24, 2.45) is 5.92 Å². The van der Waals surface area contributed by atoms with E-state index in [0.717, 1.165) is 10.5 Å². The minimum Gasteiger partial charge on any atom is -0.316 e. The van der Waals surface area contributed by atoms with E-state index in [1.807, 2.05) is 38.2 Å². The second-order valence-electron chi connectivity index (χ2n) is 4.42. The molecule has 0 amide bonds. The fourth-order valence-corrected chi connectivity index (χ4v) is 3.39. The molecule has 0 spiro atoms. The van der Waals surface area contributed by atoms with E-state index >= 15 is 0 Å². The molecule has 0 radical (unpaired) electrons. The normalized spacial score (nSPS) is 15.1. The van der Waals surface area contributed by atoms with Crippen LogP contribution in [-0.2, 0) is 10.8 Å². The van der Waals surface area contributed by atoms with Crippen LogP contribution < -0.4 is 5.32 Å². The Labute approximate surface area is 101 Å². The quantitative estimate of drug-likeness (QED) is 0.854. The summed E-state index contributed by atoms with van der Waals surface area (Å²) in [5, 5.41) is 3.23. The molecule has 0 fully saturated rings. The van der Waals surface area contributed by atoms with E-state index in [2.05, 4.69) is 19.2 Å². The fraction of sp³-hybridized carbons (Fsp3) is 0.538. The van der Waals surface area contributed by atoms with Crippen LogP contribution in [-0.4, -0.2) is 23.1 Å². The number of nitrogens with one attached hydrogen (secondary N) is 1. The highest BCUT2D eigenvalue weighted by molar-refractivity contribution is 7.85. The van der Waals surface area contributed by atoms with Crippen LogP contribution in [0.4, 0.5) is 0 Å². The summed E-state index contributed by atoms with van der Waals surface area (Å²) in [4.78, 5) is 0.961. The van der Waals surface area contributed by atoms with Crippen LogP contribution in [0.3, 0.4) is 0 Å². The third kappa shape index (κ3) is 3.42. The van der Waals surface area contributed by atoms with Gasteiger partial charge in [-0.05, 0) is 31.5 Å². The number of aryl methyl sites for hydroxylation is 1. The summed E-state index contributed by atoms with van der Waals surface area (Å²) in [6.45, 7) is 6.31. The lowest BCUT2D eigenvalue weighted by molar-refractivity contribution is 0.461. The van der Waals surface area contributed by atoms with Gasteiger partial charge in [-0.2, -0.15) is 0 Å². The Morgan fingerprint density at radius 2 is 1.94 bits per heavy atom. The molecule has 0 aliphatic rings. The first kappa shape index (κ1) is 13.4. The predicted molar refractivity (Wildman–Crippen MR) is 70.1 cm³/mol. The summed E-state index contributed by atoms with van der Waals surface area (Å²) in [5.41, 5.74) is 1.11. The van der Waals surface area contributed by atoms with Crippen LogP contribution in [0.5, 0.6) is 0 Å². The highest BCUT2D eigenvalue weighted by Crippen LogP contribution is 2.14. The molecular weight excluding hydrogens is 218 g/mol. The molecule has 0 bridgehead atoms. The molecule has 3 heteroatoms. The summed E-state index contributed by atoms with van der Waals surface area (Å²) in [7, 11) is 1.02. The van der Waals surface area contributed by atoms with Crippen LogP contribution in [0.1, 0.15) is 19.4 Å². The number of benzene rings is 1. The molecule has 2 atom stereocenters. The van der Waals surface area contributed by atoms with E-state index in [4.69, 9.17) is 0 Å². The molecule has 1 N–H and O–H groups in total. The van der Waals surface area contributed by atoms with Gasteiger partial charge < -0.3 is 5.32 Å². The topological polar surface area (TPSA) is 29.1 Å². The molecule has 0 saturated carbocycles. The Balaban J connectivity index is 2.76. The number of rotatable bonds is 5. The molecule has 1 rings (SSSR count). The van der Waals surface area contributed by atoms with Gasteiger partial charge in [-0.1, -0.05) is 32.0 Å². The van der Waals surface area contributed by atoms with Crippen LogP contribution in [0, 0.1) is 12.8 Å². The molecule has 0 aliphatic carbocycles. The molecule has 2 nitrogen and oxygen atoms in total. The zero-order chi connectivity index (χ0) is 12.1. The van der Waals surface area contributed by atoms with Crippen molar-refractivity contribution >= 4 is 10.8 Å². The van der Waals surface area contributed by atoms with Gasteiger partial charge in [-0.3, -0.25) is 4.21 Å². The lowest BCUT2D eigenvalue weighted by atomic mass is 10.1. The Hall–Kier alpha value is -0.670. The first-order valence-corrected chi connectivity index (χ1v) is 6.99. The van der Waals surface area contributed by atoms with Gasteiger partial charge in [-0.15, -0.1) is 0 Å². The second kappa shape index (κ2) is 6.16. The van der Waals surface area contributed by atoms with Gasteiger partial charge in [0.2, 0.25) is 0 Å². The van der Waals surface area contributed by atoms with Crippen molar-refractivity contribution in [2.45, 2.75) is 31.7 Å². The van der Waals surface area contributed by atoms with Crippen molar-refractivity contribution in [3.8, 4) is 0 Å². The Morgan fingerprint density at radius 1 is 1.31 bits per heavy atom. The lowest BCUT2D eigenvalue weighted by Crippen LogP contribution is -2.35. The van der Waals surface area contributed by atoms with Gasteiger partial charge in [0.25, 0.3) is 0 Å². The Kier molecular flexibility index (Phi) is 5.16. The zero-order valence-electron chi connectivity index (χ0n) is 10.5. The molecule has 1 aromatic carbocycles. The van der Waals surface area contributed by atoms with E-state index in [-0.39, 0.29) is 0 Å². The summed E-state index contributed by atoms with van der Waals surface area (Å²) < 4.78 is 12.2. The van der Waals surface area contributed by atoms with Gasteiger partial charge >= 0.3 is 0 Å². The van der Waals surface area contributed by atoms with E-state index in [0.29, 0.717) is 17.7 Å². The SMILES string of the molecule is CNC(CS(=O)c1ccccc1C)C(C)C. The van der Waals surface area contributed by atoms with Crippen molar-refractivity contribution in [2.75, 3.05) is 12.8 Å². The van der Waals surface area contributed by atoms with Crippen molar-refractivity contribution in [3.63, 3.8) is 0 Å². The average Bonchev–Trinajstić information content (AvgIpc) is 2.25. The minimum absolute atomic E-state index is 0.306. The van der Waals surface area contributed by atoms with Gasteiger partial charge in [0, 0.05) is 16.7 Å². The summed E-state index contributed by atoms with van der Waals surface area (Å²) in [5.74, 6) is 1.18. The summed E-state index contributed by atoms with van der Waals surface area (Å²) in [6, 6.07) is 8.20. The first-order valence-electron chi connectivity index (χ1n) is 5.67. The van der Waals surface area contributed by atoms with E-state index < -0.39 is 10.8 Å². The van der Waals surface area contributed by atoms with Crippen molar-refractivity contribution < 1.29 is 4.21 Å². The Morgan fingerprint density at radius 3 is 2.44 bits per heavy atom. The van der Waals surface area contributed by atoms with Crippen LogP contribution in [0.15, 0.2) is 29.2 Å². The summed E-state index contributed by atoms with van der Waals surface area (Å²) in [6.07, 6.45) is 0. The third-order valence-electron chi connectivity index (χ3n) is 2.85. The van der Waals surface area contributed by atoms with E-state index in [9.17, 15) is 4.21 Å². The molecule has 16 heavy (non-hydrogen) atoms. The van der Waals surface area contributed by atoms with Crippen molar-refractivity contribution in [1.29, 1.82) is 0 Å². The third-order valence-corrected chi connectivity index (χ3v) is 4.46. The highest BCUT2D eigenvalue weighted by Gasteiger charge is 2.16. The van der Waals surface area contributed by atoms with E-state index in [1.54, 1.807) is 0 Å². The van der Waals surface area contributed by atoms with E-state index in [1.165, 1.54) is 0 Å². The maximum Gasteiger partial charge on any atom is 0.0548 e. The number of hydrogen-bond donors (Lipinski definition) is 1. The first-order chi connectivity index (χ1) is 7.56. The Bertz CT molecular complexity index is 363. The zero-order valence-corrected chi connectivity index (χ0v) is 11.3. The monoisotopic (exact) mass is 239 g/mol. The van der Waals surface area contributed by atoms with Gasteiger partial charge in [0.15, 0.2) is 0 Å². The van der Waals surface area contributed by atoms with Gasteiger partial charge in [-0.25, -0.2) is 0 Å².